The smallest absolute Gasteiger partial charge is 0.417 e. The summed E-state index contributed by atoms with van der Waals surface area (Å²) in [6.45, 7) is 2.34. The second kappa shape index (κ2) is 4.47. The number of hydrogen-bond donors (Lipinski definition) is 1. The summed E-state index contributed by atoms with van der Waals surface area (Å²) < 4.78 is 38.1. The second-order valence-corrected chi connectivity index (χ2v) is 4.57. The molecule has 0 saturated heterocycles. The molecule has 1 N–H and O–H groups in total. The Labute approximate surface area is 101 Å². The molecule has 0 aliphatic carbocycles. The molecule has 1 rings (SSSR count). The molecule has 1 aromatic heterocycles. The van der Waals surface area contributed by atoms with Gasteiger partial charge in [0.15, 0.2) is 0 Å². The highest BCUT2D eigenvalue weighted by Gasteiger charge is 2.33. The SMILES string of the molecule is CC(C)(Cn1cc(C(F)(F)F)ccc1=O)C(=O)O. The second-order valence-electron chi connectivity index (χ2n) is 4.57. The van der Waals surface area contributed by atoms with Crippen molar-refractivity contribution in [2.75, 3.05) is 0 Å². The van der Waals surface area contributed by atoms with Gasteiger partial charge in [0.1, 0.15) is 0 Å². The van der Waals surface area contributed by atoms with E-state index in [2.05, 4.69) is 0 Å². The molecule has 0 radical (unpaired) electrons. The average Bonchev–Trinajstić information content (AvgIpc) is 2.19. The maximum absolute atomic E-state index is 12.5. The van der Waals surface area contributed by atoms with E-state index in [1.54, 1.807) is 0 Å². The predicted molar refractivity (Wildman–Crippen MR) is 57.1 cm³/mol. The van der Waals surface area contributed by atoms with E-state index in [1.807, 2.05) is 0 Å². The van der Waals surface area contributed by atoms with E-state index in [0.29, 0.717) is 12.3 Å². The molecule has 0 spiro atoms. The highest BCUT2D eigenvalue weighted by atomic mass is 19.4. The molecule has 1 aromatic rings. The predicted octanol–water partition coefficient (Wildman–Crippen LogP) is 1.98. The number of aliphatic carboxylic acids is 1. The Morgan fingerprint density at radius 3 is 2.33 bits per heavy atom. The van der Waals surface area contributed by atoms with Crippen molar-refractivity contribution in [2.24, 2.45) is 5.41 Å². The number of pyridine rings is 1. The first kappa shape index (κ1) is 14.3. The van der Waals surface area contributed by atoms with Crippen LogP contribution in [0.5, 0.6) is 0 Å². The van der Waals surface area contributed by atoms with Crippen molar-refractivity contribution in [1.82, 2.24) is 4.57 Å². The van der Waals surface area contributed by atoms with Crippen molar-refractivity contribution in [3.05, 3.63) is 34.2 Å². The van der Waals surface area contributed by atoms with Crippen molar-refractivity contribution in [3.63, 3.8) is 0 Å². The topological polar surface area (TPSA) is 59.3 Å². The summed E-state index contributed by atoms with van der Waals surface area (Å²) in [4.78, 5) is 22.3. The number of aromatic nitrogens is 1. The fourth-order valence-corrected chi connectivity index (χ4v) is 1.32. The minimum absolute atomic E-state index is 0.328. The van der Waals surface area contributed by atoms with Crippen LogP contribution in [0.2, 0.25) is 0 Å². The molecule has 0 bridgehead atoms. The van der Waals surface area contributed by atoms with Crippen LogP contribution in [0, 0.1) is 5.41 Å². The fourth-order valence-electron chi connectivity index (χ4n) is 1.32. The van der Waals surface area contributed by atoms with Gasteiger partial charge in [0.05, 0.1) is 11.0 Å². The third kappa shape index (κ3) is 3.12. The minimum Gasteiger partial charge on any atom is -0.481 e. The molecule has 0 aromatic carbocycles. The minimum atomic E-state index is -4.57. The normalized spacial score (nSPS) is 12.5. The van der Waals surface area contributed by atoms with E-state index < -0.39 is 28.7 Å². The van der Waals surface area contributed by atoms with Crippen LogP contribution < -0.4 is 5.56 Å². The van der Waals surface area contributed by atoms with E-state index in [-0.39, 0.29) is 6.54 Å². The van der Waals surface area contributed by atoms with Crippen LogP contribution in [0.1, 0.15) is 19.4 Å². The lowest BCUT2D eigenvalue weighted by Gasteiger charge is -2.21. The molecular formula is C11H12F3NO3. The highest BCUT2D eigenvalue weighted by molar-refractivity contribution is 5.73. The van der Waals surface area contributed by atoms with Gasteiger partial charge in [-0.25, -0.2) is 0 Å². The van der Waals surface area contributed by atoms with Crippen molar-refractivity contribution in [2.45, 2.75) is 26.6 Å². The number of carbonyl (C=O) groups is 1. The summed E-state index contributed by atoms with van der Waals surface area (Å²) >= 11 is 0. The zero-order valence-electron chi connectivity index (χ0n) is 9.78. The van der Waals surface area contributed by atoms with Crippen LogP contribution in [-0.4, -0.2) is 15.6 Å². The molecule has 1 heterocycles. The van der Waals surface area contributed by atoms with Gasteiger partial charge in [0, 0.05) is 18.8 Å². The molecule has 0 aliphatic rings. The standard InChI is InChI=1S/C11H12F3NO3/c1-10(2,9(17)18)6-15-5-7(11(12,13)14)3-4-8(15)16/h3-5H,6H2,1-2H3,(H,17,18). The Balaban J connectivity index is 3.18. The first-order valence-corrected chi connectivity index (χ1v) is 5.05. The molecule has 4 nitrogen and oxygen atoms in total. The molecule has 0 fully saturated rings. The van der Waals surface area contributed by atoms with Crippen molar-refractivity contribution < 1.29 is 23.1 Å². The zero-order valence-corrected chi connectivity index (χ0v) is 9.78. The summed E-state index contributed by atoms with van der Waals surface area (Å²) in [6, 6.07) is 1.45. The quantitative estimate of drug-likeness (QED) is 0.907. The van der Waals surface area contributed by atoms with Crippen LogP contribution in [-0.2, 0) is 17.5 Å². The maximum Gasteiger partial charge on any atom is 0.417 e. The maximum atomic E-state index is 12.5. The van der Waals surface area contributed by atoms with Crippen LogP contribution >= 0.6 is 0 Å². The number of carboxylic acid groups (broad SMARTS) is 1. The van der Waals surface area contributed by atoms with Gasteiger partial charge in [0.2, 0.25) is 0 Å². The highest BCUT2D eigenvalue weighted by Crippen LogP contribution is 2.28. The van der Waals surface area contributed by atoms with Crippen molar-refractivity contribution >= 4 is 5.97 Å². The third-order valence-corrected chi connectivity index (χ3v) is 2.46. The molecule has 0 amide bonds. The van der Waals surface area contributed by atoms with Crippen molar-refractivity contribution in [3.8, 4) is 0 Å². The first-order chi connectivity index (χ1) is 8.04. The van der Waals surface area contributed by atoms with Gasteiger partial charge in [-0.05, 0) is 19.9 Å². The van der Waals surface area contributed by atoms with Gasteiger partial charge < -0.3 is 9.67 Å². The van der Waals surface area contributed by atoms with E-state index >= 15 is 0 Å². The van der Waals surface area contributed by atoms with Gasteiger partial charge in [-0.15, -0.1) is 0 Å². The molecule has 100 valence electrons. The number of rotatable bonds is 3. The number of halogens is 3. The number of hydrogen-bond acceptors (Lipinski definition) is 2. The molecular weight excluding hydrogens is 251 g/mol. The Hall–Kier alpha value is -1.79. The molecule has 0 saturated carbocycles. The third-order valence-electron chi connectivity index (χ3n) is 2.46. The summed E-state index contributed by atoms with van der Waals surface area (Å²) in [6.07, 6.45) is -3.93. The molecule has 18 heavy (non-hydrogen) atoms. The molecule has 0 aliphatic heterocycles. The Morgan fingerprint density at radius 1 is 1.33 bits per heavy atom. The zero-order chi connectivity index (χ0) is 14.1. The summed E-state index contributed by atoms with van der Waals surface area (Å²) in [7, 11) is 0. The molecule has 7 heteroatoms. The van der Waals surface area contributed by atoms with Gasteiger partial charge in [-0.1, -0.05) is 0 Å². The lowest BCUT2D eigenvalue weighted by Crippen LogP contribution is -2.34. The van der Waals surface area contributed by atoms with Gasteiger partial charge >= 0.3 is 12.1 Å². The van der Waals surface area contributed by atoms with E-state index in [4.69, 9.17) is 5.11 Å². The van der Waals surface area contributed by atoms with E-state index in [0.717, 1.165) is 10.6 Å². The fraction of sp³-hybridized carbons (Fsp3) is 0.455. The van der Waals surface area contributed by atoms with Crippen LogP contribution in [0.4, 0.5) is 13.2 Å². The van der Waals surface area contributed by atoms with Crippen LogP contribution in [0.15, 0.2) is 23.1 Å². The van der Waals surface area contributed by atoms with E-state index in [9.17, 15) is 22.8 Å². The molecule has 0 unspecified atom stereocenters. The number of carboxylic acids is 1. The monoisotopic (exact) mass is 263 g/mol. The Bertz CT molecular complexity index is 517. The largest absolute Gasteiger partial charge is 0.481 e. The molecule has 0 atom stereocenters. The lowest BCUT2D eigenvalue weighted by atomic mass is 9.93. The summed E-state index contributed by atoms with van der Waals surface area (Å²) in [5, 5.41) is 8.89. The summed E-state index contributed by atoms with van der Waals surface area (Å²) in [5.74, 6) is -1.19. The van der Waals surface area contributed by atoms with Crippen LogP contribution in [0.3, 0.4) is 0 Å². The van der Waals surface area contributed by atoms with E-state index in [1.165, 1.54) is 13.8 Å². The summed E-state index contributed by atoms with van der Waals surface area (Å²) in [5.41, 5.74) is -2.98. The van der Waals surface area contributed by atoms with Gasteiger partial charge in [-0.2, -0.15) is 13.2 Å². The Morgan fingerprint density at radius 2 is 1.89 bits per heavy atom. The average molecular weight is 263 g/mol. The Kier molecular flexibility index (Phi) is 3.54. The number of nitrogens with zero attached hydrogens (tertiary/aromatic N) is 1. The first-order valence-electron chi connectivity index (χ1n) is 5.05. The van der Waals surface area contributed by atoms with Gasteiger partial charge in [0.25, 0.3) is 5.56 Å². The van der Waals surface area contributed by atoms with Crippen molar-refractivity contribution in [1.29, 1.82) is 0 Å². The van der Waals surface area contributed by atoms with Gasteiger partial charge in [-0.3, -0.25) is 9.59 Å². The lowest BCUT2D eigenvalue weighted by molar-refractivity contribution is -0.147. The number of alkyl halides is 3. The van der Waals surface area contributed by atoms with Crippen LogP contribution in [0.25, 0.3) is 0 Å².